The van der Waals surface area contributed by atoms with Crippen molar-refractivity contribution in [2.24, 2.45) is 5.92 Å². The van der Waals surface area contributed by atoms with Gasteiger partial charge in [-0.25, -0.2) is 4.79 Å². The van der Waals surface area contributed by atoms with Gasteiger partial charge in [-0.1, -0.05) is 13.8 Å². The Kier molecular flexibility index (Phi) is 5.38. The number of terminal acetylenes is 1. The van der Waals surface area contributed by atoms with Crippen LogP contribution >= 0.6 is 0 Å². The molecule has 1 atom stereocenters. The van der Waals surface area contributed by atoms with Gasteiger partial charge in [0.15, 0.2) is 0 Å². The van der Waals surface area contributed by atoms with E-state index in [1.165, 1.54) is 0 Å². The lowest BCUT2D eigenvalue weighted by Gasteiger charge is -2.17. The molecule has 1 unspecified atom stereocenters. The topological polar surface area (TPSA) is 66.4 Å². The molecule has 0 heterocycles. The van der Waals surface area contributed by atoms with Crippen LogP contribution in [0.5, 0.6) is 0 Å². The van der Waals surface area contributed by atoms with Crippen molar-refractivity contribution < 1.29 is 14.7 Å². The number of nitrogens with one attached hydrogen (secondary N) is 1. The molecule has 0 spiro atoms. The van der Waals surface area contributed by atoms with E-state index in [4.69, 9.17) is 11.5 Å². The van der Waals surface area contributed by atoms with Crippen LogP contribution in [-0.4, -0.2) is 23.0 Å². The largest absolute Gasteiger partial charge is 0.480 e. The van der Waals surface area contributed by atoms with Gasteiger partial charge >= 0.3 is 5.97 Å². The van der Waals surface area contributed by atoms with Crippen molar-refractivity contribution >= 4 is 11.9 Å². The van der Waals surface area contributed by atoms with Crippen LogP contribution in [0.3, 0.4) is 0 Å². The van der Waals surface area contributed by atoms with Crippen molar-refractivity contribution in [3.05, 3.63) is 0 Å². The predicted molar refractivity (Wildman–Crippen MR) is 52.5 cm³/mol. The molecule has 0 saturated heterocycles. The van der Waals surface area contributed by atoms with Crippen LogP contribution in [0.2, 0.25) is 0 Å². The summed E-state index contributed by atoms with van der Waals surface area (Å²) < 4.78 is 0. The second-order valence-corrected chi connectivity index (χ2v) is 3.33. The highest BCUT2D eigenvalue weighted by Crippen LogP contribution is 2.02. The van der Waals surface area contributed by atoms with Crippen LogP contribution in [0.1, 0.15) is 26.7 Å². The van der Waals surface area contributed by atoms with E-state index in [0.717, 1.165) is 0 Å². The fraction of sp³-hybridized carbons (Fsp3) is 0.600. The normalized spacial score (nSPS) is 11.9. The average Bonchev–Trinajstić information content (AvgIpc) is 2.09. The molecule has 0 saturated carbocycles. The Bertz CT molecular complexity index is 253. The van der Waals surface area contributed by atoms with Crippen LogP contribution in [0.25, 0.3) is 0 Å². The third-order valence-corrected chi connectivity index (χ3v) is 1.75. The van der Waals surface area contributed by atoms with E-state index in [1.54, 1.807) is 13.8 Å². The Balaban J connectivity index is 4.12. The minimum absolute atomic E-state index is 0.137. The van der Waals surface area contributed by atoms with Crippen molar-refractivity contribution in [3.63, 3.8) is 0 Å². The number of rotatable bonds is 5. The van der Waals surface area contributed by atoms with E-state index in [0.29, 0.717) is 6.42 Å². The average molecular weight is 197 g/mol. The van der Waals surface area contributed by atoms with Gasteiger partial charge in [-0.3, -0.25) is 4.79 Å². The first-order valence-corrected chi connectivity index (χ1v) is 4.44. The third-order valence-electron chi connectivity index (χ3n) is 1.75. The molecule has 0 aliphatic rings. The molecular formula is C10H15NO3. The number of amides is 1. The van der Waals surface area contributed by atoms with Crippen molar-refractivity contribution in [2.75, 3.05) is 0 Å². The smallest absolute Gasteiger partial charge is 0.326 e. The highest BCUT2D eigenvalue weighted by molar-refractivity contribution is 5.83. The molecule has 4 heteroatoms. The van der Waals surface area contributed by atoms with E-state index in [2.05, 4.69) is 11.2 Å². The first-order chi connectivity index (χ1) is 6.49. The molecule has 0 aliphatic heterocycles. The molecule has 0 radical (unpaired) electrons. The SMILES string of the molecule is C#CCCC(=O)NC(C(=O)O)C(C)C. The summed E-state index contributed by atoms with van der Waals surface area (Å²) in [4.78, 5) is 21.8. The van der Waals surface area contributed by atoms with Crippen molar-refractivity contribution in [2.45, 2.75) is 32.7 Å². The first kappa shape index (κ1) is 12.5. The molecule has 0 aliphatic carbocycles. The third kappa shape index (κ3) is 4.51. The quantitative estimate of drug-likeness (QED) is 0.635. The lowest BCUT2D eigenvalue weighted by molar-refractivity contribution is -0.143. The maximum absolute atomic E-state index is 11.2. The van der Waals surface area contributed by atoms with Crippen molar-refractivity contribution in [3.8, 4) is 12.3 Å². The molecule has 0 aromatic heterocycles. The Morgan fingerprint density at radius 1 is 1.50 bits per heavy atom. The molecule has 1 amide bonds. The molecule has 14 heavy (non-hydrogen) atoms. The second kappa shape index (κ2) is 6.03. The molecule has 0 bridgehead atoms. The van der Waals surface area contributed by atoms with Gasteiger partial charge in [0.1, 0.15) is 6.04 Å². The van der Waals surface area contributed by atoms with Gasteiger partial charge in [-0.05, 0) is 5.92 Å². The van der Waals surface area contributed by atoms with E-state index >= 15 is 0 Å². The van der Waals surface area contributed by atoms with Crippen molar-refractivity contribution in [1.29, 1.82) is 0 Å². The van der Waals surface area contributed by atoms with Crippen molar-refractivity contribution in [1.82, 2.24) is 5.32 Å². The minimum Gasteiger partial charge on any atom is -0.480 e. The summed E-state index contributed by atoms with van der Waals surface area (Å²) in [7, 11) is 0. The van der Waals surface area contributed by atoms with Crippen LogP contribution in [0.15, 0.2) is 0 Å². The van der Waals surface area contributed by atoms with Crippen LogP contribution in [0.4, 0.5) is 0 Å². The Morgan fingerprint density at radius 3 is 2.43 bits per heavy atom. The van der Waals surface area contributed by atoms with Crippen LogP contribution < -0.4 is 5.32 Å². The summed E-state index contributed by atoms with van der Waals surface area (Å²) in [6, 6.07) is -0.833. The number of carbonyl (C=O) groups excluding carboxylic acids is 1. The second-order valence-electron chi connectivity index (χ2n) is 3.33. The summed E-state index contributed by atoms with van der Waals surface area (Å²) in [5, 5.41) is 11.2. The highest BCUT2D eigenvalue weighted by atomic mass is 16.4. The van der Waals surface area contributed by atoms with E-state index < -0.39 is 12.0 Å². The van der Waals surface area contributed by atoms with Gasteiger partial charge in [-0.2, -0.15) is 0 Å². The lowest BCUT2D eigenvalue weighted by Crippen LogP contribution is -2.44. The number of hydrogen-bond acceptors (Lipinski definition) is 2. The zero-order valence-corrected chi connectivity index (χ0v) is 8.41. The highest BCUT2D eigenvalue weighted by Gasteiger charge is 2.22. The van der Waals surface area contributed by atoms with Crippen LogP contribution in [-0.2, 0) is 9.59 Å². The molecular weight excluding hydrogens is 182 g/mol. The fourth-order valence-electron chi connectivity index (χ4n) is 0.945. The monoisotopic (exact) mass is 197 g/mol. The Labute approximate surface area is 83.7 Å². The van der Waals surface area contributed by atoms with E-state index in [1.807, 2.05) is 0 Å². The summed E-state index contributed by atoms with van der Waals surface area (Å²) in [6.45, 7) is 3.47. The first-order valence-electron chi connectivity index (χ1n) is 4.44. The molecule has 0 aromatic rings. The zero-order chi connectivity index (χ0) is 11.1. The van der Waals surface area contributed by atoms with Gasteiger partial charge < -0.3 is 10.4 Å². The Hall–Kier alpha value is -1.50. The molecule has 0 aromatic carbocycles. The zero-order valence-electron chi connectivity index (χ0n) is 8.41. The maximum Gasteiger partial charge on any atom is 0.326 e. The predicted octanol–water partition coefficient (Wildman–Crippen LogP) is 0.625. The summed E-state index contributed by atoms with van der Waals surface area (Å²) in [5.41, 5.74) is 0. The van der Waals surface area contributed by atoms with E-state index in [9.17, 15) is 9.59 Å². The number of carboxylic acids is 1. The Morgan fingerprint density at radius 2 is 2.07 bits per heavy atom. The van der Waals surface area contributed by atoms with Gasteiger partial charge in [0, 0.05) is 12.8 Å². The maximum atomic E-state index is 11.2. The molecule has 0 fully saturated rings. The van der Waals surface area contributed by atoms with Gasteiger partial charge in [-0.15, -0.1) is 12.3 Å². The van der Waals surface area contributed by atoms with Gasteiger partial charge in [0.05, 0.1) is 0 Å². The van der Waals surface area contributed by atoms with E-state index in [-0.39, 0.29) is 18.2 Å². The summed E-state index contributed by atoms with van der Waals surface area (Å²) in [5.74, 6) is 0.850. The van der Waals surface area contributed by atoms with Gasteiger partial charge in [0.25, 0.3) is 0 Å². The number of aliphatic carboxylic acids is 1. The molecule has 78 valence electrons. The fourth-order valence-corrected chi connectivity index (χ4v) is 0.945. The molecule has 2 N–H and O–H groups in total. The van der Waals surface area contributed by atoms with Crippen LogP contribution in [0, 0.1) is 18.3 Å². The summed E-state index contributed by atoms with van der Waals surface area (Å²) >= 11 is 0. The number of hydrogen-bond donors (Lipinski definition) is 2. The lowest BCUT2D eigenvalue weighted by atomic mass is 10.0. The van der Waals surface area contributed by atoms with Gasteiger partial charge in [0.2, 0.25) is 5.91 Å². The number of carbonyl (C=O) groups is 2. The molecule has 0 rings (SSSR count). The number of carboxylic acid groups (broad SMARTS) is 1. The standard InChI is InChI=1S/C10H15NO3/c1-4-5-6-8(12)11-9(7(2)3)10(13)14/h1,7,9H,5-6H2,2-3H3,(H,11,12)(H,13,14). The minimum atomic E-state index is -1.02. The molecule has 4 nitrogen and oxygen atoms in total. The summed E-state index contributed by atoms with van der Waals surface area (Å²) in [6.07, 6.45) is 5.48.